The summed E-state index contributed by atoms with van der Waals surface area (Å²) >= 11 is 1.56. The summed E-state index contributed by atoms with van der Waals surface area (Å²) in [5.41, 5.74) is 2.65. The number of hydrogen-bond donors (Lipinski definition) is 1. The van der Waals surface area contributed by atoms with Gasteiger partial charge in [-0.1, -0.05) is 18.2 Å². The maximum absolute atomic E-state index is 12.2. The molecule has 4 nitrogen and oxygen atoms in total. The predicted molar refractivity (Wildman–Crippen MR) is 97.0 cm³/mol. The Morgan fingerprint density at radius 1 is 1.30 bits per heavy atom. The van der Waals surface area contributed by atoms with E-state index in [-0.39, 0.29) is 5.91 Å². The van der Waals surface area contributed by atoms with Crippen LogP contribution in [0.5, 0.6) is 0 Å². The van der Waals surface area contributed by atoms with Crippen molar-refractivity contribution >= 4 is 27.9 Å². The van der Waals surface area contributed by atoms with Gasteiger partial charge in [0.15, 0.2) is 0 Å². The molecule has 2 aromatic rings. The third-order valence-electron chi connectivity index (χ3n) is 4.10. The van der Waals surface area contributed by atoms with Crippen LogP contribution < -0.4 is 10.2 Å². The first-order chi connectivity index (χ1) is 11.1. The Kier molecular flexibility index (Phi) is 4.68. The highest BCUT2D eigenvalue weighted by Gasteiger charge is 2.28. The Balaban J connectivity index is 1.73. The number of nitrogens with one attached hydrogen (secondary N) is 1. The topological polar surface area (TPSA) is 35.6 Å². The Labute approximate surface area is 141 Å². The molecule has 1 amide bonds. The molecular weight excluding hydrogens is 306 g/mol. The number of thiophene rings is 1. The van der Waals surface area contributed by atoms with Crippen LogP contribution in [0.3, 0.4) is 0 Å². The summed E-state index contributed by atoms with van der Waals surface area (Å²) in [5.74, 6) is 0.0169. The summed E-state index contributed by atoms with van der Waals surface area (Å²) in [5, 5.41) is 4.11. The number of anilines is 2. The van der Waals surface area contributed by atoms with E-state index in [1.165, 1.54) is 11.3 Å². The normalized spacial score (nSPS) is 16.7. The molecule has 1 atom stereocenters. The molecule has 5 heteroatoms. The van der Waals surface area contributed by atoms with Crippen LogP contribution in [-0.2, 0) is 6.42 Å². The van der Waals surface area contributed by atoms with Crippen molar-refractivity contribution in [3.8, 4) is 0 Å². The van der Waals surface area contributed by atoms with E-state index in [9.17, 15) is 4.79 Å². The van der Waals surface area contributed by atoms with Crippen molar-refractivity contribution in [1.82, 2.24) is 10.2 Å². The van der Waals surface area contributed by atoms with Gasteiger partial charge in [-0.25, -0.2) is 0 Å². The van der Waals surface area contributed by atoms with Gasteiger partial charge in [-0.15, -0.1) is 11.3 Å². The second-order valence-corrected chi connectivity index (χ2v) is 7.31. The van der Waals surface area contributed by atoms with Crippen LogP contribution in [0, 0.1) is 0 Å². The number of benzene rings is 1. The van der Waals surface area contributed by atoms with E-state index in [0.717, 1.165) is 22.8 Å². The maximum Gasteiger partial charge on any atom is 0.261 e. The third-order valence-corrected chi connectivity index (χ3v) is 5.19. The van der Waals surface area contributed by atoms with E-state index < -0.39 is 0 Å². The van der Waals surface area contributed by atoms with Gasteiger partial charge in [-0.05, 0) is 51.2 Å². The molecule has 1 N–H and O–H groups in total. The van der Waals surface area contributed by atoms with E-state index in [1.54, 1.807) is 11.3 Å². The Hall–Kier alpha value is -1.85. The molecule has 0 fully saturated rings. The average molecular weight is 329 g/mol. The van der Waals surface area contributed by atoms with Crippen LogP contribution in [0.1, 0.15) is 22.2 Å². The predicted octanol–water partition coefficient (Wildman–Crippen LogP) is 3.12. The van der Waals surface area contributed by atoms with Gasteiger partial charge in [0.25, 0.3) is 5.91 Å². The highest BCUT2D eigenvalue weighted by molar-refractivity contribution is 7.18. The van der Waals surface area contributed by atoms with Gasteiger partial charge < -0.3 is 15.1 Å². The van der Waals surface area contributed by atoms with Crippen molar-refractivity contribution in [2.45, 2.75) is 19.4 Å². The summed E-state index contributed by atoms with van der Waals surface area (Å²) in [6.45, 7) is 3.75. The Bertz CT molecular complexity index is 695. The summed E-state index contributed by atoms with van der Waals surface area (Å²) in [4.78, 5) is 17.4. The molecule has 23 heavy (non-hydrogen) atoms. The van der Waals surface area contributed by atoms with Gasteiger partial charge in [0.2, 0.25) is 0 Å². The van der Waals surface area contributed by atoms with Gasteiger partial charge in [0.05, 0.1) is 9.88 Å². The number of rotatable bonds is 5. The molecule has 0 spiro atoms. The van der Waals surface area contributed by atoms with E-state index >= 15 is 0 Å². The first-order valence-electron chi connectivity index (χ1n) is 7.96. The number of hydrogen-bond acceptors (Lipinski definition) is 4. The molecule has 1 aromatic carbocycles. The van der Waals surface area contributed by atoms with E-state index in [4.69, 9.17) is 0 Å². The zero-order chi connectivity index (χ0) is 16.4. The molecule has 2 heterocycles. The fourth-order valence-corrected chi connectivity index (χ4v) is 4.00. The molecule has 0 aliphatic carbocycles. The zero-order valence-electron chi connectivity index (χ0n) is 13.9. The van der Waals surface area contributed by atoms with Crippen molar-refractivity contribution in [1.29, 1.82) is 0 Å². The number of amides is 1. The van der Waals surface area contributed by atoms with Crippen LogP contribution in [0.2, 0.25) is 0 Å². The molecule has 1 aromatic heterocycles. The number of nitrogens with zero attached hydrogens (tertiary/aromatic N) is 2. The zero-order valence-corrected chi connectivity index (χ0v) is 14.7. The summed E-state index contributed by atoms with van der Waals surface area (Å²) in [6, 6.07) is 12.9. The first-order valence-corrected chi connectivity index (χ1v) is 8.78. The number of likely N-dealkylation sites (N-methyl/N-ethyl adjacent to an activating group) is 1. The van der Waals surface area contributed by atoms with Gasteiger partial charge in [0, 0.05) is 24.8 Å². The molecule has 0 bridgehead atoms. The van der Waals surface area contributed by atoms with Crippen LogP contribution in [0.4, 0.5) is 10.7 Å². The standard InChI is InChI=1S/C18H23N3OS/c1-13-12-14-6-4-5-7-15(14)21(13)17-9-8-16(23-17)18(22)19-10-11-20(2)3/h4-9,13H,10-12H2,1-3H3,(H,19,22). The number of para-hydroxylation sites is 1. The highest BCUT2D eigenvalue weighted by Crippen LogP contribution is 2.41. The minimum atomic E-state index is 0.0169. The summed E-state index contributed by atoms with van der Waals surface area (Å²) in [7, 11) is 4.00. The van der Waals surface area contributed by atoms with Crippen LogP contribution in [-0.4, -0.2) is 44.0 Å². The maximum atomic E-state index is 12.2. The lowest BCUT2D eigenvalue weighted by molar-refractivity contribution is 0.0955. The minimum absolute atomic E-state index is 0.0169. The Morgan fingerprint density at radius 2 is 2.09 bits per heavy atom. The molecule has 0 radical (unpaired) electrons. The van der Waals surface area contributed by atoms with E-state index in [0.29, 0.717) is 12.6 Å². The lowest BCUT2D eigenvalue weighted by atomic mass is 10.1. The number of carbonyl (C=O) groups is 1. The highest BCUT2D eigenvalue weighted by atomic mass is 32.1. The fourth-order valence-electron chi connectivity index (χ4n) is 2.96. The van der Waals surface area contributed by atoms with Crippen molar-refractivity contribution in [3.05, 3.63) is 46.8 Å². The van der Waals surface area contributed by atoms with E-state index in [1.807, 2.05) is 20.2 Å². The summed E-state index contributed by atoms with van der Waals surface area (Å²) in [6.07, 6.45) is 1.05. The summed E-state index contributed by atoms with van der Waals surface area (Å²) < 4.78 is 0. The molecule has 1 aliphatic rings. The molecule has 1 aliphatic heterocycles. The largest absolute Gasteiger partial charge is 0.350 e. The van der Waals surface area contributed by atoms with E-state index in [2.05, 4.69) is 52.4 Å². The fraction of sp³-hybridized carbons (Fsp3) is 0.389. The quantitative estimate of drug-likeness (QED) is 0.915. The molecular formula is C18H23N3OS. The van der Waals surface area contributed by atoms with Gasteiger partial charge in [0.1, 0.15) is 0 Å². The second kappa shape index (κ2) is 6.72. The molecule has 1 unspecified atom stereocenters. The lowest BCUT2D eigenvalue weighted by Crippen LogP contribution is -2.30. The van der Waals surface area contributed by atoms with Gasteiger partial charge in [-0.3, -0.25) is 4.79 Å². The molecule has 122 valence electrons. The van der Waals surface area contributed by atoms with Crippen molar-refractivity contribution < 1.29 is 4.79 Å². The molecule has 3 rings (SSSR count). The first kappa shape index (κ1) is 16.0. The van der Waals surface area contributed by atoms with Gasteiger partial charge in [-0.2, -0.15) is 0 Å². The SMILES string of the molecule is CC1Cc2ccccc2N1c1ccc(C(=O)NCCN(C)C)s1. The van der Waals surface area contributed by atoms with Gasteiger partial charge >= 0.3 is 0 Å². The number of fused-ring (bicyclic) bond motifs is 1. The van der Waals surface area contributed by atoms with Crippen molar-refractivity contribution in [2.24, 2.45) is 0 Å². The van der Waals surface area contributed by atoms with Crippen LogP contribution in [0.15, 0.2) is 36.4 Å². The van der Waals surface area contributed by atoms with Crippen molar-refractivity contribution in [3.63, 3.8) is 0 Å². The number of carbonyl (C=O) groups excluding carboxylic acids is 1. The smallest absolute Gasteiger partial charge is 0.261 e. The monoisotopic (exact) mass is 329 g/mol. The Morgan fingerprint density at radius 3 is 2.87 bits per heavy atom. The minimum Gasteiger partial charge on any atom is -0.350 e. The van der Waals surface area contributed by atoms with Crippen LogP contribution in [0.25, 0.3) is 0 Å². The van der Waals surface area contributed by atoms with Crippen molar-refractivity contribution in [2.75, 3.05) is 32.1 Å². The third kappa shape index (κ3) is 3.41. The average Bonchev–Trinajstić information content (AvgIpc) is 3.09. The van der Waals surface area contributed by atoms with Crippen LogP contribution >= 0.6 is 11.3 Å². The molecule has 0 saturated carbocycles. The lowest BCUT2D eigenvalue weighted by Gasteiger charge is -2.22. The molecule has 0 saturated heterocycles. The second-order valence-electron chi connectivity index (χ2n) is 6.25.